The van der Waals surface area contributed by atoms with Gasteiger partial charge < -0.3 is 24.3 Å². The summed E-state index contributed by atoms with van der Waals surface area (Å²) in [5, 5.41) is 2.72. The molecule has 0 atom stereocenters. The standard InChI is InChI=1S/C19H21F2NO5/c1-4-26-15-7-5-12(9-16(15)25-3)11-22-18(23)13-6-8-14(24-2)17(10-13)27-19(20)21/h5-10,19H,4,11H2,1-3H3,(H,22,23). The number of carbonyl (C=O) groups is 1. The number of alkyl halides is 2. The number of hydrogen-bond acceptors (Lipinski definition) is 5. The van der Waals surface area contributed by atoms with Gasteiger partial charge in [0.05, 0.1) is 20.8 Å². The zero-order chi connectivity index (χ0) is 19.8. The Labute approximate surface area is 156 Å². The molecular weight excluding hydrogens is 360 g/mol. The van der Waals surface area contributed by atoms with Crippen molar-refractivity contribution in [1.29, 1.82) is 0 Å². The lowest BCUT2D eigenvalue weighted by Gasteiger charge is -2.13. The smallest absolute Gasteiger partial charge is 0.387 e. The van der Waals surface area contributed by atoms with E-state index in [-0.39, 0.29) is 23.6 Å². The molecule has 6 nitrogen and oxygen atoms in total. The van der Waals surface area contributed by atoms with E-state index in [4.69, 9.17) is 14.2 Å². The van der Waals surface area contributed by atoms with Crippen molar-refractivity contribution in [2.75, 3.05) is 20.8 Å². The highest BCUT2D eigenvalue weighted by atomic mass is 19.3. The maximum Gasteiger partial charge on any atom is 0.387 e. The van der Waals surface area contributed by atoms with E-state index in [9.17, 15) is 13.6 Å². The lowest BCUT2D eigenvalue weighted by molar-refractivity contribution is -0.0512. The summed E-state index contributed by atoms with van der Waals surface area (Å²) in [5.41, 5.74) is 0.963. The van der Waals surface area contributed by atoms with Crippen LogP contribution in [0, 0.1) is 0 Å². The summed E-state index contributed by atoms with van der Waals surface area (Å²) in [5.74, 6) is 0.635. The van der Waals surface area contributed by atoms with Crippen LogP contribution in [0.2, 0.25) is 0 Å². The number of nitrogens with one attached hydrogen (secondary N) is 1. The number of amides is 1. The first-order valence-electron chi connectivity index (χ1n) is 8.19. The van der Waals surface area contributed by atoms with E-state index >= 15 is 0 Å². The first-order valence-corrected chi connectivity index (χ1v) is 8.19. The van der Waals surface area contributed by atoms with Crippen LogP contribution in [-0.4, -0.2) is 33.3 Å². The van der Waals surface area contributed by atoms with E-state index in [0.717, 1.165) is 5.56 Å². The Kier molecular flexibility index (Phi) is 7.22. The van der Waals surface area contributed by atoms with Crippen LogP contribution in [0.3, 0.4) is 0 Å². The molecule has 0 aliphatic heterocycles. The predicted molar refractivity (Wildman–Crippen MR) is 95.0 cm³/mol. The zero-order valence-corrected chi connectivity index (χ0v) is 15.3. The molecule has 0 aliphatic carbocycles. The highest BCUT2D eigenvalue weighted by Crippen LogP contribution is 2.30. The van der Waals surface area contributed by atoms with Gasteiger partial charge in [-0.05, 0) is 42.8 Å². The van der Waals surface area contributed by atoms with Crippen molar-refractivity contribution in [3.8, 4) is 23.0 Å². The predicted octanol–water partition coefficient (Wildman–Crippen LogP) is 3.63. The van der Waals surface area contributed by atoms with Crippen LogP contribution in [0.5, 0.6) is 23.0 Å². The number of methoxy groups -OCH3 is 2. The molecule has 2 rings (SSSR count). The summed E-state index contributed by atoms with van der Waals surface area (Å²) >= 11 is 0. The van der Waals surface area contributed by atoms with E-state index < -0.39 is 12.5 Å². The van der Waals surface area contributed by atoms with Crippen molar-refractivity contribution in [2.24, 2.45) is 0 Å². The third kappa shape index (κ3) is 5.47. The van der Waals surface area contributed by atoms with Crippen molar-refractivity contribution in [3.05, 3.63) is 47.5 Å². The van der Waals surface area contributed by atoms with Gasteiger partial charge in [-0.25, -0.2) is 0 Å². The monoisotopic (exact) mass is 381 g/mol. The van der Waals surface area contributed by atoms with Crippen LogP contribution >= 0.6 is 0 Å². The summed E-state index contributed by atoms with van der Waals surface area (Å²) < 4.78 is 45.0. The van der Waals surface area contributed by atoms with Crippen molar-refractivity contribution < 1.29 is 32.5 Å². The number of hydrogen-bond donors (Lipinski definition) is 1. The quantitative estimate of drug-likeness (QED) is 0.719. The van der Waals surface area contributed by atoms with Crippen LogP contribution in [0.25, 0.3) is 0 Å². The second kappa shape index (κ2) is 9.61. The van der Waals surface area contributed by atoms with Gasteiger partial charge in [0.25, 0.3) is 5.91 Å². The van der Waals surface area contributed by atoms with E-state index in [2.05, 4.69) is 10.1 Å². The molecule has 0 aromatic heterocycles. The van der Waals surface area contributed by atoms with Crippen LogP contribution in [-0.2, 0) is 6.54 Å². The second-order valence-corrected chi connectivity index (χ2v) is 5.35. The average molecular weight is 381 g/mol. The molecule has 2 aromatic carbocycles. The summed E-state index contributed by atoms with van der Waals surface area (Å²) in [7, 11) is 2.86. The Bertz CT molecular complexity index is 783. The summed E-state index contributed by atoms with van der Waals surface area (Å²) in [4.78, 5) is 12.3. The Hall–Kier alpha value is -3.03. The summed E-state index contributed by atoms with van der Waals surface area (Å²) in [6.07, 6.45) is 0. The maximum atomic E-state index is 12.5. The van der Waals surface area contributed by atoms with Gasteiger partial charge in [-0.2, -0.15) is 8.78 Å². The minimum atomic E-state index is -3.02. The topological polar surface area (TPSA) is 66.0 Å². The number of benzene rings is 2. The molecule has 146 valence electrons. The van der Waals surface area contributed by atoms with Crippen LogP contribution in [0.1, 0.15) is 22.8 Å². The molecule has 27 heavy (non-hydrogen) atoms. The first kappa shape index (κ1) is 20.3. The van der Waals surface area contributed by atoms with Crippen molar-refractivity contribution in [1.82, 2.24) is 5.32 Å². The van der Waals surface area contributed by atoms with Gasteiger partial charge >= 0.3 is 6.61 Å². The lowest BCUT2D eigenvalue weighted by atomic mass is 10.1. The fourth-order valence-corrected chi connectivity index (χ4v) is 2.39. The normalized spacial score (nSPS) is 10.4. The van der Waals surface area contributed by atoms with Gasteiger partial charge in [0.15, 0.2) is 23.0 Å². The molecule has 0 saturated carbocycles. The Morgan fingerprint density at radius 1 is 1.00 bits per heavy atom. The van der Waals surface area contributed by atoms with Gasteiger partial charge in [0, 0.05) is 12.1 Å². The molecule has 1 N–H and O–H groups in total. The second-order valence-electron chi connectivity index (χ2n) is 5.35. The molecule has 0 saturated heterocycles. The van der Waals surface area contributed by atoms with Crippen LogP contribution in [0.15, 0.2) is 36.4 Å². The molecule has 0 unspecified atom stereocenters. The van der Waals surface area contributed by atoms with Crippen LogP contribution < -0.4 is 24.3 Å². The summed E-state index contributed by atoms with van der Waals surface area (Å²) in [6, 6.07) is 9.38. The Morgan fingerprint density at radius 2 is 1.70 bits per heavy atom. The maximum absolute atomic E-state index is 12.5. The van der Waals surface area contributed by atoms with E-state index in [1.54, 1.807) is 18.2 Å². The molecule has 0 heterocycles. The minimum absolute atomic E-state index is 0.114. The third-order valence-corrected chi connectivity index (χ3v) is 3.62. The molecule has 2 aromatic rings. The van der Waals surface area contributed by atoms with E-state index in [0.29, 0.717) is 18.1 Å². The van der Waals surface area contributed by atoms with Gasteiger partial charge in [0.1, 0.15) is 0 Å². The third-order valence-electron chi connectivity index (χ3n) is 3.62. The highest BCUT2D eigenvalue weighted by molar-refractivity contribution is 5.94. The van der Waals surface area contributed by atoms with Gasteiger partial charge in [-0.1, -0.05) is 6.07 Å². The van der Waals surface area contributed by atoms with Gasteiger partial charge in [-0.15, -0.1) is 0 Å². The molecule has 8 heteroatoms. The molecular formula is C19H21F2NO5. The Balaban J connectivity index is 2.09. The molecule has 0 radical (unpaired) electrons. The van der Waals surface area contributed by atoms with E-state index in [1.165, 1.54) is 32.4 Å². The van der Waals surface area contributed by atoms with Crippen LogP contribution in [0.4, 0.5) is 8.78 Å². The van der Waals surface area contributed by atoms with E-state index in [1.807, 2.05) is 6.92 Å². The molecule has 0 spiro atoms. The molecule has 1 amide bonds. The Morgan fingerprint density at radius 3 is 2.33 bits per heavy atom. The number of halogens is 2. The SMILES string of the molecule is CCOc1ccc(CNC(=O)c2ccc(OC)c(OC(F)F)c2)cc1OC. The fraction of sp³-hybridized carbons (Fsp3) is 0.316. The average Bonchev–Trinajstić information content (AvgIpc) is 2.66. The minimum Gasteiger partial charge on any atom is -0.493 e. The molecule has 0 aliphatic rings. The van der Waals surface area contributed by atoms with Crippen molar-refractivity contribution >= 4 is 5.91 Å². The fourth-order valence-electron chi connectivity index (χ4n) is 2.39. The summed E-state index contributed by atoms with van der Waals surface area (Å²) in [6.45, 7) is -0.423. The van der Waals surface area contributed by atoms with Gasteiger partial charge in [0.2, 0.25) is 0 Å². The first-order chi connectivity index (χ1) is 13.0. The largest absolute Gasteiger partial charge is 0.493 e. The number of rotatable bonds is 9. The lowest BCUT2D eigenvalue weighted by Crippen LogP contribution is -2.23. The van der Waals surface area contributed by atoms with Crippen molar-refractivity contribution in [3.63, 3.8) is 0 Å². The van der Waals surface area contributed by atoms with Gasteiger partial charge in [-0.3, -0.25) is 4.79 Å². The highest BCUT2D eigenvalue weighted by Gasteiger charge is 2.15. The number of carbonyl (C=O) groups excluding carboxylic acids is 1. The number of ether oxygens (including phenoxy) is 4. The van der Waals surface area contributed by atoms with Crippen molar-refractivity contribution in [2.45, 2.75) is 20.1 Å². The molecule has 0 bridgehead atoms. The zero-order valence-electron chi connectivity index (χ0n) is 15.3. The molecule has 0 fully saturated rings.